The highest BCUT2D eigenvalue weighted by atomic mass is 16.1. The Morgan fingerprint density at radius 3 is 3.00 bits per heavy atom. The lowest BCUT2D eigenvalue weighted by atomic mass is 10.3. The zero-order chi connectivity index (χ0) is 8.10. The zero-order valence-corrected chi connectivity index (χ0v) is 5.65. The van der Waals surface area contributed by atoms with E-state index >= 15 is 0 Å². The van der Waals surface area contributed by atoms with Gasteiger partial charge < -0.3 is 4.98 Å². The van der Waals surface area contributed by atoms with E-state index in [1.807, 2.05) is 0 Å². The summed E-state index contributed by atoms with van der Waals surface area (Å²) in [5, 5.41) is 0. The van der Waals surface area contributed by atoms with Gasteiger partial charge in [-0.15, -0.1) is 0 Å². The molecule has 0 saturated carbocycles. The molecule has 0 aliphatic heterocycles. The first-order chi connectivity index (χ1) is 5.34. The maximum absolute atomic E-state index is 10.9. The highest BCUT2D eigenvalue weighted by molar-refractivity contribution is 5.73. The molecule has 1 N–H and O–H groups in total. The number of aldehydes is 1. The fourth-order valence-corrected chi connectivity index (χ4v) is 0.617. The molecule has 1 rings (SSSR count). The maximum Gasteiger partial charge on any atom is 0.257 e. The number of hydrogen-bond donors (Lipinski definition) is 1. The smallest absolute Gasteiger partial charge is 0.257 e. The monoisotopic (exact) mass is 150 g/mol. The molecule has 4 nitrogen and oxygen atoms in total. The van der Waals surface area contributed by atoms with Crippen LogP contribution < -0.4 is 5.56 Å². The van der Waals surface area contributed by atoms with Crippen molar-refractivity contribution in [3.8, 4) is 0 Å². The Hall–Kier alpha value is -1.71. The van der Waals surface area contributed by atoms with Crippen LogP contribution in [0.4, 0.5) is 0 Å². The second-order valence-electron chi connectivity index (χ2n) is 1.83. The quantitative estimate of drug-likeness (QED) is 0.476. The molecule has 1 aromatic rings. The molecule has 0 aliphatic carbocycles. The van der Waals surface area contributed by atoms with E-state index in [1.165, 1.54) is 24.7 Å². The number of hydrogen-bond acceptors (Lipinski definition) is 3. The third-order valence-electron chi connectivity index (χ3n) is 1.10. The number of rotatable bonds is 2. The number of carbonyl (C=O) groups is 1. The van der Waals surface area contributed by atoms with E-state index in [2.05, 4.69) is 9.97 Å². The van der Waals surface area contributed by atoms with Gasteiger partial charge in [-0.25, -0.2) is 4.98 Å². The molecule has 4 heteroatoms. The highest BCUT2D eigenvalue weighted by Gasteiger charge is 1.90. The van der Waals surface area contributed by atoms with Gasteiger partial charge in [0.15, 0.2) is 0 Å². The van der Waals surface area contributed by atoms with Crippen LogP contribution in [0.3, 0.4) is 0 Å². The summed E-state index contributed by atoms with van der Waals surface area (Å²) in [6.07, 6.45) is 5.93. The first kappa shape index (κ1) is 7.40. The maximum atomic E-state index is 10.9. The summed E-state index contributed by atoms with van der Waals surface area (Å²) >= 11 is 0. The Kier molecular flexibility index (Phi) is 2.32. The van der Waals surface area contributed by atoms with Crippen molar-refractivity contribution in [1.82, 2.24) is 9.97 Å². The molecule has 0 radical (unpaired) electrons. The number of carbonyl (C=O) groups excluding carboxylic acids is 1. The molecule has 0 aromatic carbocycles. The fourth-order valence-electron chi connectivity index (χ4n) is 0.617. The van der Waals surface area contributed by atoms with Crippen molar-refractivity contribution < 1.29 is 4.79 Å². The van der Waals surface area contributed by atoms with Crippen molar-refractivity contribution in [1.29, 1.82) is 0 Å². The molecule has 0 fully saturated rings. The lowest BCUT2D eigenvalue weighted by molar-refractivity contribution is -0.104. The number of aromatic amines is 1. The van der Waals surface area contributed by atoms with Crippen molar-refractivity contribution in [2.45, 2.75) is 0 Å². The largest absolute Gasteiger partial charge is 0.313 e. The van der Waals surface area contributed by atoms with Crippen molar-refractivity contribution >= 4 is 12.4 Å². The van der Waals surface area contributed by atoms with Gasteiger partial charge in [0.25, 0.3) is 5.56 Å². The first-order valence-electron chi connectivity index (χ1n) is 2.99. The van der Waals surface area contributed by atoms with Crippen molar-refractivity contribution in [3.63, 3.8) is 0 Å². The van der Waals surface area contributed by atoms with E-state index < -0.39 is 0 Å². The van der Waals surface area contributed by atoms with Crippen molar-refractivity contribution in [3.05, 3.63) is 34.5 Å². The molecule has 0 spiro atoms. The first-order valence-corrected chi connectivity index (χ1v) is 2.99. The topological polar surface area (TPSA) is 62.8 Å². The summed E-state index contributed by atoms with van der Waals surface area (Å²) in [6.45, 7) is 0. The van der Waals surface area contributed by atoms with Crippen LogP contribution in [-0.4, -0.2) is 16.3 Å². The van der Waals surface area contributed by atoms with Crippen LogP contribution in [0.2, 0.25) is 0 Å². The SMILES string of the molecule is O=CC=Cc1cnc[nH]c1=O. The van der Waals surface area contributed by atoms with E-state index in [0.29, 0.717) is 11.8 Å². The summed E-state index contributed by atoms with van der Waals surface area (Å²) < 4.78 is 0. The molecule has 0 bridgehead atoms. The highest BCUT2D eigenvalue weighted by Crippen LogP contribution is 1.87. The standard InChI is InChI=1S/C7H6N2O2/c10-3-1-2-6-4-8-5-9-7(6)11/h1-5H,(H,8,9,11). The molecule has 1 heterocycles. The summed E-state index contributed by atoms with van der Waals surface area (Å²) in [5.41, 5.74) is 0.123. The van der Waals surface area contributed by atoms with Gasteiger partial charge in [-0.1, -0.05) is 0 Å². The Labute approximate surface area is 62.6 Å². The molecule has 11 heavy (non-hydrogen) atoms. The van der Waals surface area contributed by atoms with Gasteiger partial charge >= 0.3 is 0 Å². The van der Waals surface area contributed by atoms with E-state index in [1.54, 1.807) is 0 Å². The second-order valence-corrected chi connectivity index (χ2v) is 1.83. The summed E-state index contributed by atoms with van der Waals surface area (Å²) in [6, 6.07) is 0. The molecule has 0 aliphatic rings. The van der Waals surface area contributed by atoms with Gasteiger partial charge in [0.1, 0.15) is 6.29 Å². The molecular formula is C7H6N2O2. The van der Waals surface area contributed by atoms with Gasteiger partial charge in [0.2, 0.25) is 0 Å². The van der Waals surface area contributed by atoms with E-state index in [9.17, 15) is 9.59 Å². The molecule has 0 atom stereocenters. The second kappa shape index (κ2) is 3.46. The molecule has 0 amide bonds. The normalized spacial score (nSPS) is 10.2. The van der Waals surface area contributed by atoms with E-state index in [0.717, 1.165) is 0 Å². The summed E-state index contributed by atoms with van der Waals surface area (Å²) in [5.74, 6) is 0. The summed E-state index contributed by atoms with van der Waals surface area (Å²) in [4.78, 5) is 26.8. The number of nitrogens with zero attached hydrogens (tertiary/aromatic N) is 1. The van der Waals surface area contributed by atoms with E-state index in [4.69, 9.17) is 0 Å². The van der Waals surface area contributed by atoms with E-state index in [-0.39, 0.29) is 5.56 Å². The minimum absolute atomic E-state index is 0.252. The van der Waals surface area contributed by atoms with Crippen molar-refractivity contribution in [2.75, 3.05) is 0 Å². The third kappa shape index (κ3) is 1.86. The van der Waals surface area contributed by atoms with Gasteiger partial charge in [0.05, 0.1) is 11.9 Å². The van der Waals surface area contributed by atoms with Crippen LogP contribution >= 0.6 is 0 Å². The molecule has 56 valence electrons. The lowest BCUT2D eigenvalue weighted by Gasteiger charge is -1.86. The summed E-state index contributed by atoms with van der Waals surface area (Å²) in [7, 11) is 0. The number of H-pyrrole nitrogens is 1. The Bertz CT molecular complexity index is 327. The van der Waals surface area contributed by atoms with Gasteiger partial charge in [-0.2, -0.15) is 0 Å². The Morgan fingerprint density at radius 2 is 2.36 bits per heavy atom. The predicted octanol–water partition coefficient (Wildman–Crippen LogP) is -0.0180. The van der Waals surface area contributed by atoms with Crippen LogP contribution in [-0.2, 0) is 4.79 Å². The van der Waals surface area contributed by atoms with Crippen LogP contribution in [0.5, 0.6) is 0 Å². The lowest BCUT2D eigenvalue weighted by Crippen LogP contribution is -2.08. The molecule has 1 aromatic heterocycles. The molecule has 0 saturated heterocycles. The number of nitrogens with one attached hydrogen (secondary N) is 1. The van der Waals surface area contributed by atoms with Gasteiger partial charge in [-0.3, -0.25) is 9.59 Å². The van der Waals surface area contributed by atoms with Gasteiger partial charge in [0, 0.05) is 6.20 Å². The third-order valence-corrected chi connectivity index (χ3v) is 1.10. The van der Waals surface area contributed by atoms with Crippen LogP contribution in [0.25, 0.3) is 6.08 Å². The number of aromatic nitrogens is 2. The minimum atomic E-state index is -0.252. The number of allylic oxidation sites excluding steroid dienone is 1. The zero-order valence-electron chi connectivity index (χ0n) is 5.65. The van der Waals surface area contributed by atoms with Crippen LogP contribution in [0, 0.1) is 0 Å². The fraction of sp³-hybridized carbons (Fsp3) is 0. The average Bonchev–Trinajstić information content (AvgIpc) is 2.03. The predicted molar refractivity (Wildman–Crippen MR) is 40.0 cm³/mol. The van der Waals surface area contributed by atoms with Crippen LogP contribution in [0.1, 0.15) is 5.56 Å². The Morgan fingerprint density at radius 1 is 1.55 bits per heavy atom. The average molecular weight is 150 g/mol. The molecular weight excluding hydrogens is 144 g/mol. The van der Waals surface area contributed by atoms with Gasteiger partial charge in [-0.05, 0) is 12.2 Å². The van der Waals surface area contributed by atoms with Crippen molar-refractivity contribution in [2.24, 2.45) is 0 Å². The molecule has 0 unspecified atom stereocenters. The Balaban J connectivity index is 3.04. The minimum Gasteiger partial charge on any atom is -0.313 e. The van der Waals surface area contributed by atoms with Crippen LogP contribution in [0.15, 0.2) is 23.4 Å².